The molecule has 0 bridgehead atoms. The van der Waals surface area contributed by atoms with Crippen molar-refractivity contribution in [3.05, 3.63) is 23.3 Å². The molecular formula is C20H33NO3. The zero-order chi connectivity index (χ0) is 16.6. The average molecular weight is 335 g/mol. The molecule has 1 N–H and O–H groups in total. The Morgan fingerprint density at radius 1 is 1.21 bits per heavy atom. The van der Waals surface area contributed by atoms with Crippen molar-refractivity contribution in [2.75, 3.05) is 27.3 Å². The fourth-order valence-electron chi connectivity index (χ4n) is 4.26. The Hall–Kier alpha value is -1.26. The molecule has 0 aliphatic carbocycles. The molecule has 2 aliphatic heterocycles. The van der Waals surface area contributed by atoms with E-state index in [-0.39, 0.29) is 13.5 Å². The van der Waals surface area contributed by atoms with Gasteiger partial charge < -0.3 is 14.6 Å². The number of hydrogen-bond donors (Lipinski definition) is 1. The predicted molar refractivity (Wildman–Crippen MR) is 97.9 cm³/mol. The molecular weight excluding hydrogens is 302 g/mol. The number of rotatable bonds is 4. The maximum absolute atomic E-state index is 10.6. The van der Waals surface area contributed by atoms with Crippen LogP contribution in [0.3, 0.4) is 0 Å². The molecule has 24 heavy (non-hydrogen) atoms. The minimum atomic E-state index is -0.210. The van der Waals surface area contributed by atoms with E-state index >= 15 is 0 Å². The molecule has 1 fully saturated rings. The van der Waals surface area contributed by atoms with E-state index in [1.54, 1.807) is 14.2 Å². The SMILES string of the molecule is C.COc1cc2c(cc1OC)C1CC(O)C(CC(C)C)CN1CC2. The summed E-state index contributed by atoms with van der Waals surface area (Å²) in [6, 6.07) is 4.52. The van der Waals surface area contributed by atoms with Gasteiger partial charge in [-0.1, -0.05) is 21.3 Å². The second kappa shape index (κ2) is 7.75. The van der Waals surface area contributed by atoms with Crippen LogP contribution in [-0.4, -0.2) is 43.4 Å². The molecule has 0 radical (unpaired) electrons. The number of piperidine rings is 1. The number of methoxy groups -OCH3 is 2. The zero-order valence-electron chi connectivity index (χ0n) is 14.7. The van der Waals surface area contributed by atoms with Crippen molar-refractivity contribution >= 4 is 0 Å². The van der Waals surface area contributed by atoms with Gasteiger partial charge in [-0.15, -0.1) is 0 Å². The number of fused-ring (bicyclic) bond motifs is 3. The summed E-state index contributed by atoms with van der Waals surface area (Å²) in [7, 11) is 3.36. The van der Waals surface area contributed by atoms with Gasteiger partial charge in [0, 0.05) is 19.1 Å². The summed E-state index contributed by atoms with van der Waals surface area (Å²) in [5, 5.41) is 10.6. The van der Waals surface area contributed by atoms with Crippen LogP contribution < -0.4 is 9.47 Å². The molecule has 3 atom stereocenters. The minimum Gasteiger partial charge on any atom is -0.493 e. The Morgan fingerprint density at radius 2 is 1.88 bits per heavy atom. The van der Waals surface area contributed by atoms with E-state index in [0.717, 1.165) is 43.9 Å². The van der Waals surface area contributed by atoms with Crippen molar-refractivity contribution in [1.29, 1.82) is 0 Å². The normalized spacial score (nSPS) is 26.3. The van der Waals surface area contributed by atoms with Gasteiger partial charge in [0.1, 0.15) is 0 Å². The van der Waals surface area contributed by atoms with Crippen LogP contribution in [0, 0.1) is 11.8 Å². The van der Waals surface area contributed by atoms with Gasteiger partial charge in [-0.2, -0.15) is 0 Å². The number of hydrogen-bond acceptors (Lipinski definition) is 4. The molecule has 136 valence electrons. The van der Waals surface area contributed by atoms with Gasteiger partial charge in [0.2, 0.25) is 0 Å². The number of nitrogens with zero attached hydrogens (tertiary/aromatic N) is 1. The highest BCUT2D eigenvalue weighted by Gasteiger charge is 2.38. The molecule has 1 saturated heterocycles. The molecule has 0 amide bonds. The average Bonchev–Trinajstić information content (AvgIpc) is 2.53. The Morgan fingerprint density at radius 3 is 2.50 bits per heavy atom. The Kier molecular flexibility index (Phi) is 6.16. The van der Waals surface area contributed by atoms with E-state index in [1.165, 1.54) is 11.1 Å². The summed E-state index contributed by atoms with van der Waals surface area (Å²) in [6.45, 7) is 6.54. The van der Waals surface area contributed by atoms with E-state index in [0.29, 0.717) is 17.9 Å². The van der Waals surface area contributed by atoms with Gasteiger partial charge >= 0.3 is 0 Å². The Labute approximate surface area is 146 Å². The zero-order valence-corrected chi connectivity index (χ0v) is 14.7. The van der Waals surface area contributed by atoms with Gasteiger partial charge in [0.25, 0.3) is 0 Å². The molecule has 4 nitrogen and oxygen atoms in total. The van der Waals surface area contributed by atoms with Crippen molar-refractivity contribution in [3.8, 4) is 11.5 Å². The van der Waals surface area contributed by atoms with Crippen LogP contribution in [0.1, 0.15) is 51.3 Å². The van der Waals surface area contributed by atoms with E-state index in [2.05, 4.69) is 30.9 Å². The van der Waals surface area contributed by atoms with Gasteiger partial charge in [-0.25, -0.2) is 0 Å². The third-order valence-corrected chi connectivity index (χ3v) is 5.37. The lowest BCUT2D eigenvalue weighted by Gasteiger charge is -2.46. The first-order valence-electron chi connectivity index (χ1n) is 8.70. The second-order valence-corrected chi connectivity index (χ2v) is 7.36. The van der Waals surface area contributed by atoms with Crippen LogP contribution >= 0.6 is 0 Å². The first-order valence-corrected chi connectivity index (χ1v) is 8.70. The molecule has 1 aromatic rings. The first kappa shape index (κ1) is 19.1. The number of aliphatic hydroxyl groups excluding tert-OH is 1. The fraction of sp³-hybridized carbons (Fsp3) is 0.700. The lowest BCUT2D eigenvalue weighted by molar-refractivity contribution is -0.0191. The quantitative estimate of drug-likeness (QED) is 0.912. The molecule has 0 saturated carbocycles. The fourth-order valence-corrected chi connectivity index (χ4v) is 4.26. The summed E-state index contributed by atoms with van der Waals surface area (Å²) in [6.07, 6.45) is 2.75. The van der Waals surface area contributed by atoms with Crippen LogP contribution in [0.25, 0.3) is 0 Å². The molecule has 0 aromatic heterocycles. The molecule has 2 aliphatic rings. The van der Waals surface area contributed by atoms with Crippen LogP contribution in [-0.2, 0) is 6.42 Å². The monoisotopic (exact) mass is 335 g/mol. The standard InChI is InChI=1S/C19H29NO3.CH4/c1-12(2)7-14-11-20-6-5-13-8-18(22-3)19(23-4)9-15(13)16(20)10-17(14)21;/h8-9,12,14,16-17,21H,5-7,10-11H2,1-4H3;1H4. The molecule has 0 spiro atoms. The maximum Gasteiger partial charge on any atom is 0.161 e. The predicted octanol–water partition coefficient (Wildman–Crippen LogP) is 3.67. The highest BCUT2D eigenvalue weighted by atomic mass is 16.5. The van der Waals surface area contributed by atoms with Gasteiger partial charge in [-0.3, -0.25) is 4.90 Å². The maximum atomic E-state index is 10.6. The molecule has 4 heteroatoms. The van der Waals surface area contributed by atoms with E-state index in [9.17, 15) is 5.11 Å². The largest absolute Gasteiger partial charge is 0.493 e. The molecule has 1 aromatic carbocycles. The third kappa shape index (κ3) is 3.55. The van der Waals surface area contributed by atoms with Crippen molar-refractivity contribution in [3.63, 3.8) is 0 Å². The van der Waals surface area contributed by atoms with Crippen LogP contribution in [0.4, 0.5) is 0 Å². The number of benzene rings is 1. The number of ether oxygens (including phenoxy) is 2. The first-order chi connectivity index (χ1) is 11.0. The highest BCUT2D eigenvalue weighted by molar-refractivity contribution is 5.49. The summed E-state index contributed by atoms with van der Waals surface area (Å²) in [4.78, 5) is 2.55. The summed E-state index contributed by atoms with van der Waals surface area (Å²) >= 11 is 0. The molecule has 3 rings (SSSR count). The second-order valence-electron chi connectivity index (χ2n) is 7.36. The van der Waals surface area contributed by atoms with Crippen LogP contribution in [0.15, 0.2) is 12.1 Å². The third-order valence-electron chi connectivity index (χ3n) is 5.37. The van der Waals surface area contributed by atoms with Crippen LogP contribution in [0.2, 0.25) is 0 Å². The highest BCUT2D eigenvalue weighted by Crippen LogP contribution is 2.43. The molecule has 2 heterocycles. The summed E-state index contributed by atoms with van der Waals surface area (Å²) < 4.78 is 10.9. The minimum absolute atomic E-state index is 0. The summed E-state index contributed by atoms with van der Waals surface area (Å²) in [5.74, 6) is 2.61. The van der Waals surface area contributed by atoms with Crippen LogP contribution in [0.5, 0.6) is 11.5 Å². The van der Waals surface area contributed by atoms with E-state index in [1.807, 2.05) is 0 Å². The molecule has 3 unspecified atom stereocenters. The summed E-state index contributed by atoms with van der Waals surface area (Å²) in [5.41, 5.74) is 2.63. The number of aliphatic hydroxyl groups is 1. The Balaban J connectivity index is 0.00000208. The lowest BCUT2D eigenvalue weighted by Crippen LogP contribution is -2.48. The van der Waals surface area contributed by atoms with Gasteiger partial charge in [-0.05, 0) is 54.4 Å². The van der Waals surface area contributed by atoms with Crippen molar-refractivity contribution < 1.29 is 14.6 Å². The van der Waals surface area contributed by atoms with Crippen molar-refractivity contribution in [1.82, 2.24) is 4.90 Å². The van der Waals surface area contributed by atoms with Gasteiger partial charge in [0.05, 0.1) is 20.3 Å². The van der Waals surface area contributed by atoms with Crippen molar-refractivity contribution in [2.24, 2.45) is 11.8 Å². The van der Waals surface area contributed by atoms with E-state index in [4.69, 9.17) is 9.47 Å². The van der Waals surface area contributed by atoms with Gasteiger partial charge in [0.15, 0.2) is 11.5 Å². The Bertz CT molecular complexity index is 558. The lowest BCUT2D eigenvalue weighted by atomic mass is 9.79. The van der Waals surface area contributed by atoms with Crippen molar-refractivity contribution in [2.45, 2.75) is 52.7 Å². The van der Waals surface area contributed by atoms with E-state index < -0.39 is 0 Å². The topological polar surface area (TPSA) is 41.9 Å². The smallest absolute Gasteiger partial charge is 0.161 e.